The topological polar surface area (TPSA) is 52.6 Å². The first-order valence-corrected chi connectivity index (χ1v) is 8.18. The number of unbranched alkanes of at least 4 members (excludes halogenated alkanes) is 3. The fourth-order valence-electron chi connectivity index (χ4n) is 2.17. The number of esters is 2. The van der Waals surface area contributed by atoms with Crippen LogP contribution < -0.4 is 0 Å². The second-order valence-corrected chi connectivity index (χ2v) is 4.96. The summed E-state index contributed by atoms with van der Waals surface area (Å²) in [6.45, 7) is 8.31. The zero-order chi connectivity index (χ0) is 16.1. The maximum Gasteiger partial charge on any atom is 0.334 e. The van der Waals surface area contributed by atoms with Gasteiger partial charge in [-0.1, -0.05) is 39.5 Å². The smallest absolute Gasteiger partial charge is 0.334 e. The van der Waals surface area contributed by atoms with Crippen molar-refractivity contribution >= 4 is 11.9 Å². The molecule has 0 rings (SSSR count). The van der Waals surface area contributed by atoms with Crippen molar-refractivity contribution in [2.45, 2.75) is 72.6 Å². The van der Waals surface area contributed by atoms with Crippen LogP contribution in [0.1, 0.15) is 72.6 Å². The van der Waals surface area contributed by atoms with Crippen molar-refractivity contribution in [1.82, 2.24) is 0 Å². The molecule has 0 amide bonds. The van der Waals surface area contributed by atoms with E-state index in [1.54, 1.807) is 13.8 Å². The summed E-state index contributed by atoms with van der Waals surface area (Å²) in [4.78, 5) is 24.2. The third kappa shape index (κ3) is 7.88. The average Bonchev–Trinajstić information content (AvgIpc) is 2.46. The molecule has 0 aromatic carbocycles. The molecule has 0 fully saturated rings. The molecule has 0 spiro atoms. The highest BCUT2D eigenvalue weighted by molar-refractivity contribution is 6.00. The van der Waals surface area contributed by atoms with Crippen LogP contribution in [0.25, 0.3) is 0 Å². The molecule has 0 aromatic heterocycles. The van der Waals surface area contributed by atoms with Crippen molar-refractivity contribution in [3.63, 3.8) is 0 Å². The van der Waals surface area contributed by atoms with Gasteiger partial charge >= 0.3 is 11.9 Å². The number of hydrogen-bond acceptors (Lipinski definition) is 4. The first-order valence-electron chi connectivity index (χ1n) is 8.18. The molecule has 21 heavy (non-hydrogen) atoms. The molecule has 0 aliphatic carbocycles. The fourth-order valence-corrected chi connectivity index (χ4v) is 2.17. The summed E-state index contributed by atoms with van der Waals surface area (Å²) < 4.78 is 10.2. The number of ether oxygens (including phenoxy) is 2. The molecule has 0 atom stereocenters. The molecule has 0 aliphatic rings. The molecule has 0 saturated carbocycles. The fraction of sp³-hybridized carbons (Fsp3) is 0.765. The number of rotatable bonds is 11. The summed E-state index contributed by atoms with van der Waals surface area (Å²) in [6.07, 6.45) is 6.17. The lowest BCUT2D eigenvalue weighted by Gasteiger charge is -2.13. The number of hydrogen-bond donors (Lipinski definition) is 0. The molecule has 0 heterocycles. The highest BCUT2D eigenvalue weighted by Gasteiger charge is 2.22. The van der Waals surface area contributed by atoms with Gasteiger partial charge in [-0.05, 0) is 33.1 Å². The summed E-state index contributed by atoms with van der Waals surface area (Å²) >= 11 is 0. The predicted molar refractivity (Wildman–Crippen MR) is 84.0 cm³/mol. The zero-order valence-corrected chi connectivity index (χ0v) is 14.0. The Morgan fingerprint density at radius 3 is 1.62 bits per heavy atom. The molecular formula is C17H30O4. The van der Waals surface area contributed by atoms with Gasteiger partial charge in [-0.2, -0.15) is 0 Å². The standard InChI is InChI=1S/C17H30O4/c1-5-9-10-11-13-15(17(19)21-8-4)14(12-6-2)16(18)20-7-3/h5-13H2,1-4H3. The van der Waals surface area contributed by atoms with E-state index in [-0.39, 0.29) is 11.9 Å². The zero-order valence-electron chi connectivity index (χ0n) is 14.0. The summed E-state index contributed by atoms with van der Waals surface area (Å²) in [5, 5.41) is 0. The third-order valence-electron chi connectivity index (χ3n) is 3.19. The first kappa shape index (κ1) is 19.7. The minimum atomic E-state index is -0.377. The SMILES string of the molecule is CCCCCCC(C(=O)OCC)=C(CCC)C(=O)OCC. The van der Waals surface area contributed by atoms with Crippen molar-refractivity contribution < 1.29 is 19.1 Å². The van der Waals surface area contributed by atoms with Crippen LogP contribution in [-0.4, -0.2) is 25.2 Å². The Kier molecular flexibility index (Phi) is 11.6. The first-order chi connectivity index (χ1) is 10.1. The maximum absolute atomic E-state index is 12.1. The van der Waals surface area contributed by atoms with Crippen molar-refractivity contribution in [3.05, 3.63) is 11.1 Å². The van der Waals surface area contributed by atoms with Crippen LogP contribution in [0.2, 0.25) is 0 Å². The predicted octanol–water partition coefficient (Wildman–Crippen LogP) is 4.18. The van der Waals surface area contributed by atoms with Gasteiger partial charge in [-0.25, -0.2) is 9.59 Å². The normalized spacial score (nSPS) is 11.8. The van der Waals surface area contributed by atoms with Gasteiger partial charge in [0.05, 0.1) is 13.2 Å². The molecule has 0 N–H and O–H groups in total. The lowest BCUT2D eigenvalue weighted by molar-refractivity contribution is -0.142. The van der Waals surface area contributed by atoms with E-state index >= 15 is 0 Å². The Morgan fingerprint density at radius 2 is 1.19 bits per heavy atom. The van der Waals surface area contributed by atoms with Gasteiger partial charge in [-0.3, -0.25) is 0 Å². The van der Waals surface area contributed by atoms with E-state index < -0.39 is 0 Å². The van der Waals surface area contributed by atoms with E-state index in [2.05, 4.69) is 6.92 Å². The van der Waals surface area contributed by atoms with Crippen LogP contribution >= 0.6 is 0 Å². The van der Waals surface area contributed by atoms with E-state index in [4.69, 9.17) is 9.47 Å². The van der Waals surface area contributed by atoms with Gasteiger partial charge in [0.2, 0.25) is 0 Å². The van der Waals surface area contributed by atoms with Gasteiger partial charge in [0.15, 0.2) is 0 Å². The third-order valence-corrected chi connectivity index (χ3v) is 3.19. The minimum absolute atomic E-state index is 0.317. The molecular weight excluding hydrogens is 268 g/mol. The summed E-state index contributed by atoms with van der Waals surface area (Å²) in [7, 11) is 0. The van der Waals surface area contributed by atoms with E-state index in [1.807, 2.05) is 6.92 Å². The average molecular weight is 298 g/mol. The lowest BCUT2D eigenvalue weighted by atomic mass is 9.98. The Labute approximate surface area is 128 Å². The molecule has 0 bridgehead atoms. The molecule has 0 unspecified atom stereocenters. The largest absolute Gasteiger partial charge is 0.463 e. The van der Waals surface area contributed by atoms with Crippen molar-refractivity contribution in [1.29, 1.82) is 0 Å². The van der Waals surface area contributed by atoms with Crippen LogP contribution in [-0.2, 0) is 19.1 Å². The van der Waals surface area contributed by atoms with E-state index in [0.29, 0.717) is 37.2 Å². The summed E-state index contributed by atoms with van der Waals surface area (Å²) in [5.74, 6) is -0.747. The van der Waals surface area contributed by atoms with Gasteiger partial charge < -0.3 is 9.47 Å². The van der Waals surface area contributed by atoms with E-state index in [9.17, 15) is 9.59 Å². The van der Waals surface area contributed by atoms with Gasteiger partial charge in [-0.15, -0.1) is 0 Å². The quantitative estimate of drug-likeness (QED) is 0.326. The van der Waals surface area contributed by atoms with Crippen LogP contribution in [0.4, 0.5) is 0 Å². The number of carbonyl (C=O) groups excluding carboxylic acids is 2. The molecule has 0 aliphatic heterocycles. The van der Waals surface area contributed by atoms with Gasteiger partial charge in [0.25, 0.3) is 0 Å². The van der Waals surface area contributed by atoms with Crippen molar-refractivity contribution in [2.75, 3.05) is 13.2 Å². The van der Waals surface area contributed by atoms with Gasteiger partial charge in [0.1, 0.15) is 0 Å². The van der Waals surface area contributed by atoms with Gasteiger partial charge in [0, 0.05) is 11.1 Å². The lowest BCUT2D eigenvalue weighted by Crippen LogP contribution is -2.17. The summed E-state index contributed by atoms with van der Waals surface area (Å²) in [5.41, 5.74) is 1.00. The second-order valence-electron chi connectivity index (χ2n) is 4.96. The van der Waals surface area contributed by atoms with Crippen LogP contribution in [0.5, 0.6) is 0 Å². The molecule has 4 nitrogen and oxygen atoms in total. The highest BCUT2D eigenvalue weighted by atomic mass is 16.5. The minimum Gasteiger partial charge on any atom is -0.463 e. The molecule has 122 valence electrons. The van der Waals surface area contributed by atoms with Crippen LogP contribution in [0.3, 0.4) is 0 Å². The summed E-state index contributed by atoms with van der Waals surface area (Å²) in [6, 6.07) is 0. The Morgan fingerprint density at radius 1 is 0.667 bits per heavy atom. The number of carbonyl (C=O) groups is 2. The molecule has 0 saturated heterocycles. The molecule has 0 radical (unpaired) electrons. The Bertz CT molecular complexity index is 345. The van der Waals surface area contributed by atoms with Crippen molar-refractivity contribution in [2.24, 2.45) is 0 Å². The highest BCUT2D eigenvalue weighted by Crippen LogP contribution is 2.21. The monoisotopic (exact) mass is 298 g/mol. The Hall–Kier alpha value is -1.32. The maximum atomic E-state index is 12.1. The van der Waals surface area contributed by atoms with Crippen LogP contribution in [0, 0.1) is 0 Å². The van der Waals surface area contributed by atoms with Crippen LogP contribution in [0.15, 0.2) is 11.1 Å². The molecule has 4 heteroatoms. The van der Waals surface area contributed by atoms with Crippen molar-refractivity contribution in [3.8, 4) is 0 Å². The molecule has 0 aromatic rings. The Balaban J connectivity index is 5.16. The second kappa shape index (κ2) is 12.4. The van der Waals surface area contributed by atoms with E-state index in [1.165, 1.54) is 0 Å². The van der Waals surface area contributed by atoms with E-state index in [0.717, 1.165) is 32.1 Å².